The van der Waals surface area contributed by atoms with Crippen molar-refractivity contribution in [2.75, 3.05) is 6.61 Å². The molecule has 1 aromatic carbocycles. The van der Waals surface area contributed by atoms with E-state index in [1.54, 1.807) is 0 Å². The van der Waals surface area contributed by atoms with Crippen molar-refractivity contribution in [3.8, 4) is 11.5 Å². The second-order valence-corrected chi connectivity index (χ2v) is 6.21. The fourth-order valence-corrected chi connectivity index (χ4v) is 2.48. The minimum atomic E-state index is -1.48. The first-order chi connectivity index (χ1) is 14.1. The van der Waals surface area contributed by atoms with Crippen molar-refractivity contribution in [3.05, 3.63) is 24.3 Å². The summed E-state index contributed by atoms with van der Waals surface area (Å²) in [7, 11) is 0. The minimum absolute atomic E-state index is 0.0566. The number of aliphatic hydroxyl groups excluding tert-OH is 4. The summed E-state index contributed by atoms with van der Waals surface area (Å²) in [4.78, 5) is 31.3. The number of phenols is 1. The molecule has 5 amide bonds. The Morgan fingerprint density at radius 2 is 1.77 bits per heavy atom. The van der Waals surface area contributed by atoms with E-state index in [2.05, 4.69) is 5.32 Å². The number of benzene rings is 1. The van der Waals surface area contributed by atoms with Crippen LogP contribution in [0.15, 0.2) is 24.3 Å². The second-order valence-electron chi connectivity index (χ2n) is 6.21. The van der Waals surface area contributed by atoms with Crippen molar-refractivity contribution >= 4 is 18.0 Å². The van der Waals surface area contributed by atoms with Crippen LogP contribution in [0.3, 0.4) is 0 Å². The highest BCUT2D eigenvalue weighted by atomic mass is 16.7. The van der Waals surface area contributed by atoms with Crippen molar-refractivity contribution in [1.82, 2.24) is 16.0 Å². The Morgan fingerprint density at radius 1 is 1.13 bits per heavy atom. The summed E-state index contributed by atoms with van der Waals surface area (Å²) in [6.07, 6.45) is -7.63. The molecule has 3 rings (SSSR count). The van der Waals surface area contributed by atoms with Gasteiger partial charge < -0.3 is 51.4 Å². The molecular formula is C16H22N4O10. The molecular weight excluding hydrogens is 408 g/mol. The maximum atomic E-state index is 10.7. The Hall–Kier alpha value is -3.17. The molecule has 2 aliphatic rings. The number of aliphatic hydroxyl groups is 4. The molecule has 2 fully saturated rings. The van der Waals surface area contributed by atoms with Gasteiger partial charge in [0.05, 0.1) is 6.61 Å². The van der Waals surface area contributed by atoms with Crippen LogP contribution in [0, 0.1) is 0 Å². The van der Waals surface area contributed by atoms with Gasteiger partial charge in [-0.05, 0) is 24.3 Å². The average Bonchev–Trinajstić information content (AvgIpc) is 3.00. The number of nitrogens with two attached hydrogens (primary N) is 1. The zero-order valence-electron chi connectivity index (χ0n) is 15.3. The zero-order chi connectivity index (χ0) is 22.4. The number of aromatic hydroxyl groups is 1. The van der Waals surface area contributed by atoms with Gasteiger partial charge in [-0.1, -0.05) is 0 Å². The van der Waals surface area contributed by atoms with E-state index < -0.39 is 61.4 Å². The lowest BCUT2D eigenvalue weighted by molar-refractivity contribution is -0.277. The monoisotopic (exact) mass is 430 g/mol. The summed E-state index contributed by atoms with van der Waals surface area (Å²) in [5.74, 6) is -0.253. The molecule has 2 heterocycles. The number of primary amides is 1. The van der Waals surface area contributed by atoms with E-state index in [1.807, 2.05) is 10.6 Å². The number of hydrogen-bond donors (Lipinski definition) is 9. The largest absolute Gasteiger partial charge is 0.508 e. The number of nitrogens with one attached hydrogen (secondary N) is 3. The standard InChI is InChI=1S/C12H16O7.C4H6N4O3/c13-5-8-9(15)10(16)11(17)12(19-8)18-7-3-1-6(14)2-4-7;5-3(10)6-1-2(9)8-4(11)7-1/h1-4,8-17H,5H2;1H,(H3,5,6,10)(H2,7,8,9,11)/t8-,9-,10+,11-,12-;/m1./s1. The highest BCUT2D eigenvalue weighted by molar-refractivity contribution is 6.05. The van der Waals surface area contributed by atoms with Crippen LogP contribution in [0.25, 0.3) is 0 Å². The van der Waals surface area contributed by atoms with Crippen LogP contribution in [0.2, 0.25) is 0 Å². The minimum Gasteiger partial charge on any atom is -0.508 e. The molecule has 1 unspecified atom stereocenters. The molecule has 0 bridgehead atoms. The number of imide groups is 1. The number of carbonyl (C=O) groups excluding carboxylic acids is 3. The maximum Gasteiger partial charge on any atom is 0.323 e. The van der Waals surface area contributed by atoms with Crippen molar-refractivity contribution in [2.24, 2.45) is 5.73 Å². The Balaban J connectivity index is 0.000000248. The number of carbonyl (C=O) groups is 3. The van der Waals surface area contributed by atoms with E-state index in [-0.39, 0.29) is 5.75 Å². The van der Waals surface area contributed by atoms with Gasteiger partial charge in [0.1, 0.15) is 35.9 Å². The predicted molar refractivity (Wildman–Crippen MR) is 95.7 cm³/mol. The quantitative estimate of drug-likeness (QED) is 0.213. The number of phenolic OH excluding ortho intramolecular Hbond substituents is 1. The zero-order valence-corrected chi connectivity index (χ0v) is 15.3. The van der Waals surface area contributed by atoms with E-state index in [1.165, 1.54) is 24.3 Å². The van der Waals surface area contributed by atoms with Gasteiger partial charge in [0.2, 0.25) is 6.29 Å². The van der Waals surface area contributed by atoms with E-state index in [0.717, 1.165) is 0 Å². The van der Waals surface area contributed by atoms with Gasteiger partial charge in [-0.2, -0.15) is 0 Å². The Bertz CT molecular complexity index is 759. The molecule has 6 atom stereocenters. The molecule has 14 heteroatoms. The smallest absolute Gasteiger partial charge is 0.323 e. The number of ether oxygens (including phenoxy) is 2. The molecule has 166 valence electrons. The third-order valence-corrected chi connectivity index (χ3v) is 4.00. The molecule has 1 aromatic rings. The van der Waals surface area contributed by atoms with Crippen molar-refractivity contribution < 1.29 is 49.4 Å². The van der Waals surface area contributed by atoms with Crippen LogP contribution in [-0.4, -0.2) is 87.0 Å². The lowest BCUT2D eigenvalue weighted by atomic mass is 9.99. The average molecular weight is 430 g/mol. The molecule has 14 nitrogen and oxygen atoms in total. The van der Waals surface area contributed by atoms with E-state index in [4.69, 9.17) is 25.4 Å². The first kappa shape index (κ1) is 23.1. The fraction of sp³-hybridized carbons (Fsp3) is 0.438. The summed E-state index contributed by atoms with van der Waals surface area (Å²) in [6, 6.07) is 4.17. The highest BCUT2D eigenvalue weighted by Gasteiger charge is 2.44. The maximum absolute atomic E-state index is 10.7. The van der Waals surface area contributed by atoms with Crippen LogP contribution < -0.4 is 26.4 Å². The van der Waals surface area contributed by atoms with Gasteiger partial charge in [0.25, 0.3) is 5.91 Å². The summed E-state index contributed by atoms with van der Waals surface area (Å²) in [5, 5.41) is 53.1. The number of hydrogen-bond acceptors (Lipinski definition) is 10. The van der Waals surface area contributed by atoms with Crippen LogP contribution in [-0.2, 0) is 9.53 Å². The van der Waals surface area contributed by atoms with Crippen LogP contribution in [0.4, 0.5) is 9.59 Å². The fourth-order valence-electron chi connectivity index (χ4n) is 2.48. The lowest BCUT2D eigenvalue weighted by Crippen LogP contribution is -2.60. The molecule has 0 aliphatic carbocycles. The lowest BCUT2D eigenvalue weighted by Gasteiger charge is -2.39. The predicted octanol–water partition coefficient (Wildman–Crippen LogP) is -3.61. The molecule has 0 radical (unpaired) electrons. The first-order valence-electron chi connectivity index (χ1n) is 8.56. The Labute approximate surface area is 169 Å². The molecule has 2 saturated heterocycles. The van der Waals surface area contributed by atoms with Crippen molar-refractivity contribution in [3.63, 3.8) is 0 Å². The van der Waals surface area contributed by atoms with Gasteiger partial charge in [-0.15, -0.1) is 0 Å². The normalized spacial score (nSPS) is 30.4. The van der Waals surface area contributed by atoms with Crippen molar-refractivity contribution in [2.45, 2.75) is 36.9 Å². The third-order valence-electron chi connectivity index (χ3n) is 4.00. The van der Waals surface area contributed by atoms with Crippen LogP contribution >= 0.6 is 0 Å². The van der Waals surface area contributed by atoms with Gasteiger partial charge >= 0.3 is 12.1 Å². The summed E-state index contributed by atoms with van der Waals surface area (Å²) in [5.41, 5.74) is 4.70. The highest BCUT2D eigenvalue weighted by Crippen LogP contribution is 2.25. The topological polar surface area (TPSA) is 233 Å². The van der Waals surface area contributed by atoms with E-state index in [9.17, 15) is 29.7 Å². The van der Waals surface area contributed by atoms with Gasteiger partial charge in [-0.3, -0.25) is 10.1 Å². The molecule has 0 spiro atoms. The number of urea groups is 2. The Kier molecular flexibility index (Phi) is 7.73. The third kappa shape index (κ3) is 5.91. The van der Waals surface area contributed by atoms with Gasteiger partial charge in [-0.25, -0.2) is 9.59 Å². The second kappa shape index (κ2) is 10.0. The summed E-state index contributed by atoms with van der Waals surface area (Å²) >= 11 is 0. The van der Waals surface area contributed by atoms with Gasteiger partial charge in [0, 0.05) is 0 Å². The van der Waals surface area contributed by atoms with Crippen LogP contribution in [0.1, 0.15) is 0 Å². The van der Waals surface area contributed by atoms with Crippen LogP contribution in [0.5, 0.6) is 11.5 Å². The molecule has 0 aromatic heterocycles. The summed E-state index contributed by atoms with van der Waals surface area (Å²) in [6.45, 7) is -0.514. The van der Waals surface area contributed by atoms with E-state index >= 15 is 0 Å². The SMILES string of the molecule is NC(=O)NC1NC(=O)NC1=O.OC[C@H]1O[C@@H](Oc2ccc(O)cc2)[C@H](O)[C@@H](O)[C@@H]1O. The summed E-state index contributed by atoms with van der Waals surface area (Å²) < 4.78 is 10.5. The van der Waals surface area contributed by atoms with Crippen molar-refractivity contribution in [1.29, 1.82) is 0 Å². The number of rotatable bonds is 4. The van der Waals surface area contributed by atoms with E-state index in [0.29, 0.717) is 5.75 Å². The Morgan fingerprint density at radius 3 is 2.27 bits per heavy atom. The molecule has 30 heavy (non-hydrogen) atoms. The first-order valence-corrected chi connectivity index (χ1v) is 8.56. The number of amides is 5. The van der Waals surface area contributed by atoms with Gasteiger partial charge in [0.15, 0.2) is 6.17 Å². The molecule has 2 aliphatic heterocycles. The molecule has 0 saturated carbocycles. The molecule has 10 N–H and O–H groups in total.